The summed E-state index contributed by atoms with van der Waals surface area (Å²) in [6.45, 7) is 22.9. The van der Waals surface area contributed by atoms with E-state index in [2.05, 4.69) is 46.9 Å². The van der Waals surface area contributed by atoms with Gasteiger partial charge >= 0.3 is 0 Å². The number of carbonyl (C=O) groups is 2. The van der Waals surface area contributed by atoms with Gasteiger partial charge in [-0.1, -0.05) is 122 Å². The Morgan fingerprint density at radius 1 is 0.857 bits per heavy atom. The quantitative estimate of drug-likeness (QED) is 0.147. The fraction of sp³-hybridized carbons (Fsp3) is 0.389. The van der Waals surface area contributed by atoms with E-state index < -0.39 is 7.14 Å². The van der Waals surface area contributed by atoms with Gasteiger partial charge in [-0.3, -0.25) is 4.79 Å². The maximum Gasteiger partial charge on any atom is 0.249 e. The van der Waals surface area contributed by atoms with Crippen molar-refractivity contribution >= 4 is 34.7 Å². The minimum Gasteiger partial charge on any atom is -0.352 e. The molecule has 3 aromatic carbocycles. The van der Waals surface area contributed by atoms with Crippen LogP contribution in [0, 0.1) is 30.6 Å². The molecule has 42 heavy (non-hydrogen) atoms. The Morgan fingerprint density at radius 2 is 1.36 bits per heavy atom. The Morgan fingerprint density at radius 3 is 1.79 bits per heavy atom. The Bertz CT molecular complexity index is 1280. The number of nitrogens with one attached hydrogen (secondary N) is 1. The van der Waals surface area contributed by atoms with Crippen molar-refractivity contribution in [3.63, 3.8) is 0 Å². The van der Waals surface area contributed by atoms with Crippen molar-refractivity contribution < 1.29 is 46.9 Å². The molecule has 0 aliphatic carbocycles. The topological polar surface area (TPSA) is 63.2 Å². The van der Waals surface area contributed by atoms with E-state index in [9.17, 15) is 14.2 Å². The summed E-state index contributed by atoms with van der Waals surface area (Å²) in [5.41, 5.74) is 1.11. The largest absolute Gasteiger partial charge is 0.352 e. The Hall–Kier alpha value is -2.00. The first-order valence-corrected chi connectivity index (χ1v) is 16.2. The van der Waals surface area contributed by atoms with Crippen molar-refractivity contribution in [2.45, 2.75) is 67.7 Å². The number of hydrogen-bond acceptors (Lipinski definition) is 3. The number of ketones is 1. The summed E-state index contributed by atoms with van der Waals surface area (Å²) in [6.07, 6.45) is 2.77. The molecule has 1 unspecified atom stereocenters. The zero-order chi connectivity index (χ0) is 30.8. The van der Waals surface area contributed by atoms with Gasteiger partial charge in [0.05, 0.1) is 0 Å². The zero-order valence-corrected chi connectivity index (χ0v) is 30.3. The molecule has 0 bridgehead atoms. The number of rotatable bonds is 9. The summed E-state index contributed by atoms with van der Waals surface area (Å²) in [4.78, 5) is 24.7. The molecule has 0 fully saturated rings. The van der Waals surface area contributed by atoms with Crippen LogP contribution in [-0.4, -0.2) is 18.2 Å². The average molecular weight is 663 g/mol. The molecule has 0 saturated carbocycles. The van der Waals surface area contributed by atoms with E-state index in [1.807, 2.05) is 81.4 Å². The van der Waals surface area contributed by atoms with Gasteiger partial charge in [0.2, 0.25) is 5.91 Å². The van der Waals surface area contributed by atoms with Gasteiger partial charge < -0.3 is 21.6 Å². The minimum atomic E-state index is -3.23. The standard InChI is InChI=1S/C24H25NO2P.C12H23O.Y/c1-3-4-17-25-24(26)22-16-15-19(2)18-23(22)28(27,20-11-7-5-8-12-20)21-13-9-6-10-14-21;1-9(8-11(2,3)4)10(13)12(5,6)7;/h5-16,18H,2-4,17H2,1H3,(H,25,26);9H,1,8H2,2-7H3;/q2*-1;. The van der Waals surface area contributed by atoms with E-state index in [-0.39, 0.29) is 61.1 Å². The van der Waals surface area contributed by atoms with Gasteiger partial charge in [-0.25, -0.2) is 0 Å². The summed E-state index contributed by atoms with van der Waals surface area (Å²) in [5, 5.41) is 4.89. The molecule has 225 valence electrons. The van der Waals surface area contributed by atoms with Crippen LogP contribution in [0.25, 0.3) is 0 Å². The van der Waals surface area contributed by atoms with Gasteiger partial charge in [-0.15, -0.1) is 12.0 Å². The van der Waals surface area contributed by atoms with Gasteiger partial charge in [0, 0.05) is 60.8 Å². The van der Waals surface area contributed by atoms with Crippen LogP contribution in [0.2, 0.25) is 0 Å². The van der Waals surface area contributed by atoms with Crippen LogP contribution in [0.5, 0.6) is 0 Å². The Kier molecular flexibility index (Phi) is 15.2. The van der Waals surface area contributed by atoms with Crippen molar-refractivity contribution in [1.82, 2.24) is 5.32 Å². The second kappa shape index (κ2) is 16.7. The van der Waals surface area contributed by atoms with Crippen LogP contribution in [0.3, 0.4) is 0 Å². The number of Topliss-reactive ketones (excluding diaryl/α,β-unsaturated/α-hetero) is 1. The minimum absolute atomic E-state index is 0. The summed E-state index contributed by atoms with van der Waals surface area (Å²) < 4.78 is 14.6. The number of amides is 1. The second-order valence-corrected chi connectivity index (χ2v) is 15.6. The molecule has 1 amide bonds. The molecule has 1 radical (unpaired) electrons. The summed E-state index contributed by atoms with van der Waals surface area (Å²) in [5.74, 6) is -0.00189. The molecule has 0 heterocycles. The van der Waals surface area contributed by atoms with Gasteiger partial charge in [0.25, 0.3) is 0 Å². The third-order valence-electron chi connectivity index (χ3n) is 6.67. The molecule has 4 nitrogen and oxygen atoms in total. The maximum absolute atomic E-state index is 14.6. The fourth-order valence-electron chi connectivity index (χ4n) is 4.65. The molecule has 0 aliphatic heterocycles. The third-order valence-corrected chi connectivity index (χ3v) is 9.77. The molecule has 6 heteroatoms. The van der Waals surface area contributed by atoms with Gasteiger partial charge in [0.15, 0.2) is 7.14 Å². The van der Waals surface area contributed by atoms with E-state index in [4.69, 9.17) is 0 Å². The van der Waals surface area contributed by atoms with E-state index in [1.165, 1.54) is 0 Å². The average Bonchev–Trinajstić information content (AvgIpc) is 2.92. The first-order chi connectivity index (χ1) is 19.1. The van der Waals surface area contributed by atoms with Crippen molar-refractivity contribution in [1.29, 1.82) is 0 Å². The first kappa shape index (κ1) is 38.0. The third kappa shape index (κ3) is 10.9. The summed E-state index contributed by atoms with van der Waals surface area (Å²) in [6, 6.07) is 24.1. The number of carbonyl (C=O) groups excluding carboxylic acids is 2. The smallest absolute Gasteiger partial charge is 0.249 e. The molecule has 0 saturated heterocycles. The van der Waals surface area contributed by atoms with E-state index in [1.54, 1.807) is 18.2 Å². The first-order valence-electron chi connectivity index (χ1n) is 14.4. The molecular weight excluding hydrogens is 614 g/mol. The molecule has 1 N–H and O–H groups in total. The summed E-state index contributed by atoms with van der Waals surface area (Å²) in [7, 11) is -3.23. The van der Waals surface area contributed by atoms with Crippen LogP contribution in [-0.2, 0) is 42.1 Å². The SMILES string of the molecule is [CH2-]C(CC(C)(C)C)C(=O)C(C)(C)C.[CH2-]c1ccc(C(=O)NCCCC)c(P(=O)(c2ccccc2)c2ccccc2)c1.[Y]. The van der Waals surface area contributed by atoms with Crippen molar-refractivity contribution in [3.05, 3.63) is 104 Å². The van der Waals surface area contributed by atoms with Crippen LogP contribution >= 0.6 is 7.14 Å². The van der Waals surface area contributed by atoms with Crippen molar-refractivity contribution in [2.75, 3.05) is 6.54 Å². The Balaban J connectivity index is 0.000000537. The van der Waals surface area contributed by atoms with Gasteiger partial charge in [-0.2, -0.15) is 24.6 Å². The molecule has 3 aromatic rings. The second-order valence-electron chi connectivity index (χ2n) is 12.8. The van der Waals surface area contributed by atoms with Crippen LogP contribution in [0.15, 0.2) is 78.9 Å². The van der Waals surface area contributed by atoms with Crippen LogP contribution < -0.4 is 21.2 Å². The van der Waals surface area contributed by atoms with Crippen molar-refractivity contribution in [3.8, 4) is 0 Å². The Labute approximate surface area is 280 Å². The molecular formula is C36H48NO3PY-2. The van der Waals surface area contributed by atoms with Crippen LogP contribution in [0.4, 0.5) is 0 Å². The van der Waals surface area contributed by atoms with Gasteiger partial charge in [0.1, 0.15) is 5.78 Å². The molecule has 1 atom stereocenters. The molecule has 0 spiro atoms. The summed E-state index contributed by atoms with van der Waals surface area (Å²) >= 11 is 0. The molecule has 0 aromatic heterocycles. The number of benzene rings is 3. The van der Waals surface area contributed by atoms with Crippen molar-refractivity contribution in [2.24, 2.45) is 16.7 Å². The molecule has 0 aliphatic rings. The monoisotopic (exact) mass is 662 g/mol. The fourth-order valence-corrected chi connectivity index (χ4v) is 7.55. The predicted molar refractivity (Wildman–Crippen MR) is 175 cm³/mol. The van der Waals surface area contributed by atoms with Crippen LogP contribution in [0.1, 0.15) is 83.7 Å². The number of hydrogen-bond donors (Lipinski definition) is 1. The number of unbranched alkanes of at least 4 members (excludes halogenated alkanes) is 1. The predicted octanol–water partition coefficient (Wildman–Crippen LogP) is 7.52. The maximum atomic E-state index is 14.6. The zero-order valence-electron chi connectivity index (χ0n) is 26.6. The molecule has 3 rings (SSSR count). The normalized spacial score (nSPS) is 12.3. The van der Waals surface area contributed by atoms with E-state index in [0.717, 1.165) is 24.8 Å². The van der Waals surface area contributed by atoms with E-state index in [0.29, 0.717) is 28.0 Å². The van der Waals surface area contributed by atoms with Gasteiger partial charge in [-0.05, 0) is 17.1 Å². The van der Waals surface area contributed by atoms with E-state index >= 15 is 0 Å².